The molecule has 0 bridgehead atoms. The minimum absolute atomic E-state index is 0.154. The molecular formula is C16H20N2O2. The molecule has 1 heterocycles. The van der Waals surface area contributed by atoms with Crippen molar-refractivity contribution in [3.8, 4) is 0 Å². The maximum Gasteiger partial charge on any atom is 0.270 e. The summed E-state index contributed by atoms with van der Waals surface area (Å²) in [4.78, 5) is 16.4. The van der Waals surface area contributed by atoms with Crippen LogP contribution in [0.25, 0.3) is 10.8 Å². The standard InChI is InChI=1S/C16H20N2O2/c1-2-12(8-10-19)11-18-16(20)15-14-6-4-3-5-13(14)7-9-17-15/h3-7,9,12,19H,2,8,10-11H2,1H3,(H,18,20). The number of nitrogens with one attached hydrogen (secondary N) is 1. The number of hydrogen-bond donors (Lipinski definition) is 2. The summed E-state index contributed by atoms with van der Waals surface area (Å²) in [7, 11) is 0. The number of nitrogens with zero attached hydrogens (tertiary/aromatic N) is 1. The van der Waals surface area contributed by atoms with Gasteiger partial charge in [-0.1, -0.05) is 37.6 Å². The van der Waals surface area contributed by atoms with Crippen molar-refractivity contribution < 1.29 is 9.90 Å². The SMILES string of the molecule is CCC(CCO)CNC(=O)c1nccc2ccccc12. The first-order valence-corrected chi connectivity index (χ1v) is 6.99. The van der Waals surface area contributed by atoms with Crippen molar-refractivity contribution in [2.45, 2.75) is 19.8 Å². The fourth-order valence-corrected chi connectivity index (χ4v) is 2.25. The van der Waals surface area contributed by atoms with E-state index in [1.165, 1.54) is 0 Å². The highest BCUT2D eigenvalue weighted by Gasteiger charge is 2.13. The fourth-order valence-electron chi connectivity index (χ4n) is 2.25. The molecule has 0 aliphatic heterocycles. The number of aliphatic hydroxyl groups is 1. The molecule has 1 unspecified atom stereocenters. The van der Waals surface area contributed by atoms with Crippen LogP contribution in [0.5, 0.6) is 0 Å². The lowest BCUT2D eigenvalue weighted by Gasteiger charge is -2.14. The van der Waals surface area contributed by atoms with E-state index >= 15 is 0 Å². The maximum atomic E-state index is 12.2. The van der Waals surface area contributed by atoms with Crippen LogP contribution in [0.2, 0.25) is 0 Å². The van der Waals surface area contributed by atoms with Crippen molar-refractivity contribution >= 4 is 16.7 Å². The Hall–Kier alpha value is -1.94. The summed E-state index contributed by atoms with van der Waals surface area (Å²) in [5.74, 6) is 0.150. The van der Waals surface area contributed by atoms with Gasteiger partial charge in [-0.2, -0.15) is 0 Å². The molecule has 0 saturated carbocycles. The van der Waals surface area contributed by atoms with Gasteiger partial charge in [-0.25, -0.2) is 0 Å². The third kappa shape index (κ3) is 3.33. The summed E-state index contributed by atoms with van der Waals surface area (Å²) in [6.45, 7) is 2.78. The van der Waals surface area contributed by atoms with Gasteiger partial charge in [0.25, 0.3) is 5.91 Å². The van der Waals surface area contributed by atoms with Gasteiger partial charge in [-0.05, 0) is 23.8 Å². The molecule has 2 aromatic rings. The molecule has 1 aromatic carbocycles. The fraction of sp³-hybridized carbons (Fsp3) is 0.375. The molecule has 0 aliphatic carbocycles. The Balaban J connectivity index is 2.11. The zero-order valence-corrected chi connectivity index (χ0v) is 11.7. The highest BCUT2D eigenvalue weighted by molar-refractivity contribution is 6.05. The lowest BCUT2D eigenvalue weighted by Crippen LogP contribution is -2.30. The second kappa shape index (κ2) is 7.01. The Bertz CT molecular complexity index is 578. The Morgan fingerprint density at radius 1 is 1.35 bits per heavy atom. The van der Waals surface area contributed by atoms with Crippen LogP contribution < -0.4 is 5.32 Å². The van der Waals surface area contributed by atoms with Gasteiger partial charge in [0.15, 0.2) is 0 Å². The summed E-state index contributed by atoms with van der Waals surface area (Å²) in [5, 5.41) is 13.8. The second-order valence-electron chi connectivity index (χ2n) is 4.88. The van der Waals surface area contributed by atoms with Crippen molar-refractivity contribution in [1.29, 1.82) is 0 Å². The first-order chi connectivity index (χ1) is 9.76. The number of amides is 1. The van der Waals surface area contributed by atoms with Gasteiger partial charge in [0.1, 0.15) is 5.69 Å². The van der Waals surface area contributed by atoms with E-state index in [-0.39, 0.29) is 12.5 Å². The van der Waals surface area contributed by atoms with E-state index in [1.807, 2.05) is 30.3 Å². The van der Waals surface area contributed by atoms with Crippen molar-refractivity contribution in [3.05, 3.63) is 42.2 Å². The largest absolute Gasteiger partial charge is 0.396 e. The van der Waals surface area contributed by atoms with E-state index in [4.69, 9.17) is 5.11 Å². The molecule has 4 heteroatoms. The van der Waals surface area contributed by atoms with E-state index in [0.717, 1.165) is 17.2 Å². The quantitative estimate of drug-likeness (QED) is 0.848. The number of aliphatic hydroxyl groups excluding tert-OH is 1. The summed E-state index contributed by atoms with van der Waals surface area (Å²) < 4.78 is 0. The minimum Gasteiger partial charge on any atom is -0.396 e. The third-order valence-corrected chi connectivity index (χ3v) is 3.55. The molecule has 2 N–H and O–H groups in total. The molecule has 1 amide bonds. The van der Waals surface area contributed by atoms with Crippen LogP contribution in [0.15, 0.2) is 36.5 Å². The highest BCUT2D eigenvalue weighted by atomic mass is 16.3. The summed E-state index contributed by atoms with van der Waals surface area (Å²) >= 11 is 0. The maximum absolute atomic E-state index is 12.2. The van der Waals surface area contributed by atoms with E-state index in [0.29, 0.717) is 24.6 Å². The second-order valence-corrected chi connectivity index (χ2v) is 4.88. The average molecular weight is 272 g/mol. The molecule has 0 radical (unpaired) electrons. The predicted molar refractivity (Wildman–Crippen MR) is 79.6 cm³/mol. The van der Waals surface area contributed by atoms with Crippen molar-refractivity contribution in [1.82, 2.24) is 10.3 Å². The van der Waals surface area contributed by atoms with Gasteiger partial charge in [-0.15, -0.1) is 0 Å². The van der Waals surface area contributed by atoms with Crippen molar-refractivity contribution in [2.75, 3.05) is 13.2 Å². The number of carbonyl (C=O) groups is 1. The number of benzene rings is 1. The van der Waals surface area contributed by atoms with Gasteiger partial charge in [0.2, 0.25) is 0 Å². The summed E-state index contributed by atoms with van der Waals surface area (Å²) in [6, 6.07) is 9.61. The Labute approximate surface area is 118 Å². The first-order valence-electron chi connectivity index (χ1n) is 6.99. The van der Waals surface area contributed by atoms with Gasteiger partial charge < -0.3 is 10.4 Å². The third-order valence-electron chi connectivity index (χ3n) is 3.55. The van der Waals surface area contributed by atoms with Crippen molar-refractivity contribution in [2.24, 2.45) is 5.92 Å². The smallest absolute Gasteiger partial charge is 0.270 e. The molecule has 4 nitrogen and oxygen atoms in total. The highest BCUT2D eigenvalue weighted by Crippen LogP contribution is 2.16. The van der Waals surface area contributed by atoms with Gasteiger partial charge in [0, 0.05) is 24.7 Å². The Morgan fingerprint density at radius 3 is 2.90 bits per heavy atom. The molecule has 0 saturated heterocycles. The zero-order valence-electron chi connectivity index (χ0n) is 11.7. The lowest BCUT2D eigenvalue weighted by atomic mass is 10.0. The number of fused-ring (bicyclic) bond motifs is 1. The van der Waals surface area contributed by atoms with Gasteiger partial charge in [-0.3, -0.25) is 9.78 Å². The van der Waals surface area contributed by atoms with E-state index < -0.39 is 0 Å². The molecule has 0 spiro atoms. The average Bonchev–Trinajstić information content (AvgIpc) is 2.50. The number of carbonyl (C=O) groups excluding carboxylic acids is 1. The van der Waals surface area contributed by atoms with Crippen LogP contribution >= 0.6 is 0 Å². The topological polar surface area (TPSA) is 62.2 Å². The number of pyridine rings is 1. The molecular weight excluding hydrogens is 252 g/mol. The van der Waals surface area contributed by atoms with Crippen LogP contribution in [0.4, 0.5) is 0 Å². The molecule has 0 fully saturated rings. The Morgan fingerprint density at radius 2 is 2.15 bits per heavy atom. The first kappa shape index (κ1) is 14.5. The van der Waals surface area contributed by atoms with Crippen LogP contribution in [0.3, 0.4) is 0 Å². The monoisotopic (exact) mass is 272 g/mol. The zero-order chi connectivity index (χ0) is 14.4. The number of rotatable bonds is 6. The molecule has 0 aliphatic rings. The van der Waals surface area contributed by atoms with Crippen molar-refractivity contribution in [3.63, 3.8) is 0 Å². The lowest BCUT2D eigenvalue weighted by molar-refractivity contribution is 0.0940. The Kier molecular flexibility index (Phi) is 5.07. The number of hydrogen-bond acceptors (Lipinski definition) is 3. The minimum atomic E-state index is -0.154. The molecule has 106 valence electrons. The normalized spacial score (nSPS) is 12.3. The van der Waals surface area contributed by atoms with Gasteiger partial charge >= 0.3 is 0 Å². The van der Waals surface area contributed by atoms with Crippen LogP contribution in [0, 0.1) is 5.92 Å². The summed E-state index contributed by atoms with van der Waals surface area (Å²) in [6.07, 6.45) is 3.30. The van der Waals surface area contributed by atoms with Crippen LogP contribution in [0.1, 0.15) is 30.3 Å². The molecule has 1 atom stereocenters. The van der Waals surface area contributed by atoms with Gasteiger partial charge in [0.05, 0.1) is 0 Å². The van der Waals surface area contributed by atoms with E-state index in [2.05, 4.69) is 17.2 Å². The number of aromatic nitrogens is 1. The van der Waals surface area contributed by atoms with E-state index in [1.54, 1.807) is 6.20 Å². The summed E-state index contributed by atoms with van der Waals surface area (Å²) in [5.41, 5.74) is 0.460. The van der Waals surface area contributed by atoms with Crippen LogP contribution in [-0.4, -0.2) is 29.1 Å². The predicted octanol–water partition coefficient (Wildman–Crippen LogP) is 2.37. The molecule has 2 rings (SSSR count). The molecule has 20 heavy (non-hydrogen) atoms. The van der Waals surface area contributed by atoms with E-state index in [9.17, 15) is 4.79 Å². The van der Waals surface area contributed by atoms with Crippen LogP contribution in [-0.2, 0) is 0 Å². The molecule has 1 aromatic heterocycles.